The highest BCUT2D eigenvalue weighted by molar-refractivity contribution is 5.20. The summed E-state index contributed by atoms with van der Waals surface area (Å²) in [5.41, 5.74) is 0. The quantitative estimate of drug-likeness (QED) is 0.474. The van der Waals surface area contributed by atoms with E-state index in [0.717, 1.165) is 0 Å². The van der Waals surface area contributed by atoms with Crippen LogP contribution in [0.4, 0.5) is 0 Å². The van der Waals surface area contributed by atoms with E-state index in [1.807, 2.05) is 13.8 Å². The minimum absolute atomic E-state index is 0. The maximum absolute atomic E-state index is 8.12. The lowest BCUT2D eigenvalue weighted by molar-refractivity contribution is -0.191. The van der Waals surface area contributed by atoms with Crippen LogP contribution in [0.1, 0.15) is 13.8 Å². The van der Waals surface area contributed by atoms with Gasteiger partial charge < -0.3 is 6.15 Å². The summed E-state index contributed by atoms with van der Waals surface area (Å²) in [6.45, 7) is 4.00. The Labute approximate surface area is 36.9 Å². The second-order valence-electron chi connectivity index (χ2n) is 0.0833. The lowest BCUT2D eigenvalue weighted by Crippen LogP contribution is -1.22. The van der Waals surface area contributed by atoms with E-state index in [1.54, 1.807) is 0 Å². The standard InChI is InChI=1S/C2H6.CO2.H3N/c1-2;2-1-3;/h1-2H3;;1H3. The van der Waals surface area contributed by atoms with Crippen LogP contribution in [0, 0.1) is 0 Å². The SMILES string of the molecule is CC.N.O=C=O. The van der Waals surface area contributed by atoms with Crippen molar-refractivity contribution in [3.8, 4) is 0 Å². The molecule has 0 rings (SSSR count). The molecule has 0 aromatic carbocycles. The summed E-state index contributed by atoms with van der Waals surface area (Å²) in [6, 6.07) is 0. The van der Waals surface area contributed by atoms with Gasteiger partial charge in [0.25, 0.3) is 0 Å². The topological polar surface area (TPSA) is 69.1 Å². The van der Waals surface area contributed by atoms with Crippen molar-refractivity contribution in [1.29, 1.82) is 0 Å². The summed E-state index contributed by atoms with van der Waals surface area (Å²) in [5, 5.41) is 0. The smallest absolute Gasteiger partial charge is 0.344 e. The Bertz CT molecular complexity index is 29.8. The summed E-state index contributed by atoms with van der Waals surface area (Å²) in [6.07, 6.45) is 0.250. The fourth-order valence-electron chi connectivity index (χ4n) is 0. The molecule has 3 N–H and O–H groups in total. The molecule has 0 atom stereocenters. The van der Waals surface area contributed by atoms with Crippen LogP contribution in [0.25, 0.3) is 0 Å². The third-order valence-electron chi connectivity index (χ3n) is 0. The molecular weight excluding hydrogens is 82.0 g/mol. The Morgan fingerprint density at radius 2 is 1.17 bits per heavy atom. The van der Waals surface area contributed by atoms with E-state index in [4.69, 9.17) is 9.59 Å². The van der Waals surface area contributed by atoms with Crippen LogP contribution in [-0.4, -0.2) is 6.15 Å². The van der Waals surface area contributed by atoms with Crippen molar-refractivity contribution >= 4 is 6.15 Å². The minimum Gasteiger partial charge on any atom is -0.344 e. The number of hydrogen-bond donors (Lipinski definition) is 1. The van der Waals surface area contributed by atoms with E-state index >= 15 is 0 Å². The summed E-state index contributed by atoms with van der Waals surface area (Å²) >= 11 is 0. The molecule has 0 aliphatic heterocycles. The van der Waals surface area contributed by atoms with Gasteiger partial charge >= 0.3 is 6.15 Å². The molecule has 0 bridgehead atoms. The van der Waals surface area contributed by atoms with E-state index in [9.17, 15) is 0 Å². The highest BCUT2D eigenvalue weighted by Crippen LogP contribution is 1.14. The van der Waals surface area contributed by atoms with Crippen molar-refractivity contribution in [2.24, 2.45) is 0 Å². The molecule has 3 nitrogen and oxygen atoms in total. The van der Waals surface area contributed by atoms with Gasteiger partial charge in [-0.2, -0.15) is 9.59 Å². The van der Waals surface area contributed by atoms with Crippen LogP contribution in [0.3, 0.4) is 0 Å². The van der Waals surface area contributed by atoms with E-state index in [0.29, 0.717) is 0 Å². The molecule has 0 unspecified atom stereocenters. The fraction of sp³-hybridized carbons (Fsp3) is 0.667. The van der Waals surface area contributed by atoms with Crippen molar-refractivity contribution in [3.63, 3.8) is 0 Å². The van der Waals surface area contributed by atoms with E-state index in [2.05, 4.69) is 0 Å². The van der Waals surface area contributed by atoms with Crippen LogP contribution >= 0.6 is 0 Å². The molecule has 0 saturated carbocycles. The molecule has 38 valence electrons. The van der Waals surface area contributed by atoms with Gasteiger partial charge in [0, 0.05) is 0 Å². The van der Waals surface area contributed by atoms with Gasteiger partial charge in [0.05, 0.1) is 0 Å². The maximum Gasteiger partial charge on any atom is 0.373 e. The number of hydrogen-bond acceptors (Lipinski definition) is 3. The van der Waals surface area contributed by atoms with Gasteiger partial charge in [0.15, 0.2) is 0 Å². The third-order valence-corrected chi connectivity index (χ3v) is 0. The second-order valence-corrected chi connectivity index (χ2v) is 0.0833. The first-order chi connectivity index (χ1) is 2.41. The summed E-state index contributed by atoms with van der Waals surface area (Å²) in [7, 11) is 0. The molecule has 0 fully saturated rings. The molecule has 0 aromatic rings. The van der Waals surface area contributed by atoms with Crippen molar-refractivity contribution < 1.29 is 9.59 Å². The van der Waals surface area contributed by atoms with Crippen LogP contribution in [0.15, 0.2) is 0 Å². The zero-order valence-electron chi connectivity index (χ0n) is 4.02. The summed E-state index contributed by atoms with van der Waals surface area (Å²) in [4.78, 5) is 16.2. The molecule has 0 aliphatic rings. The lowest BCUT2D eigenvalue weighted by atomic mass is 11.0. The van der Waals surface area contributed by atoms with Crippen molar-refractivity contribution in [2.45, 2.75) is 13.8 Å². The van der Waals surface area contributed by atoms with Gasteiger partial charge in [0.2, 0.25) is 0 Å². The monoisotopic (exact) mass is 91.1 g/mol. The number of carbonyl (C=O) groups excluding carboxylic acids is 2. The molecule has 0 amide bonds. The molecule has 0 saturated heterocycles. The van der Waals surface area contributed by atoms with Crippen molar-refractivity contribution in [2.75, 3.05) is 0 Å². The molecule has 0 radical (unpaired) electrons. The molecule has 0 spiro atoms. The molecule has 0 heterocycles. The Hall–Kier alpha value is -0.660. The predicted molar refractivity (Wildman–Crippen MR) is 21.4 cm³/mol. The molecular formula is C3H9NO2. The second kappa shape index (κ2) is 419. The van der Waals surface area contributed by atoms with E-state index in [1.165, 1.54) is 0 Å². The Morgan fingerprint density at radius 1 is 1.17 bits per heavy atom. The molecule has 6 heavy (non-hydrogen) atoms. The molecule has 0 aliphatic carbocycles. The number of rotatable bonds is 0. The normalized spacial score (nSPS) is 2.33. The zero-order chi connectivity index (χ0) is 4.71. The van der Waals surface area contributed by atoms with Crippen LogP contribution in [-0.2, 0) is 9.59 Å². The van der Waals surface area contributed by atoms with Crippen LogP contribution in [0.2, 0.25) is 0 Å². The Kier molecular flexibility index (Phi) is 1280. The van der Waals surface area contributed by atoms with Gasteiger partial charge in [0.1, 0.15) is 0 Å². The van der Waals surface area contributed by atoms with Gasteiger partial charge in [-0.05, 0) is 0 Å². The van der Waals surface area contributed by atoms with Gasteiger partial charge in [-0.3, -0.25) is 0 Å². The Balaban J connectivity index is -0.0000000275. The van der Waals surface area contributed by atoms with Crippen LogP contribution < -0.4 is 6.15 Å². The van der Waals surface area contributed by atoms with Gasteiger partial charge in [-0.15, -0.1) is 0 Å². The first-order valence-electron chi connectivity index (χ1n) is 1.41. The highest BCUT2D eigenvalue weighted by Gasteiger charge is 1.13. The summed E-state index contributed by atoms with van der Waals surface area (Å²) in [5.74, 6) is 0. The average Bonchev–Trinajstić information content (AvgIpc) is 1.46. The molecule has 0 aromatic heterocycles. The van der Waals surface area contributed by atoms with E-state index in [-0.39, 0.29) is 12.3 Å². The maximum atomic E-state index is 8.12. The predicted octanol–water partition coefficient (Wildman–Crippen LogP) is 0.605. The fourth-order valence-corrected chi connectivity index (χ4v) is 0. The van der Waals surface area contributed by atoms with E-state index < -0.39 is 0 Å². The van der Waals surface area contributed by atoms with Gasteiger partial charge in [-0.25, -0.2) is 0 Å². The minimum atomic E-state index is 0. The first kappa shape index (κ1) is 18.4. The van der Waals surface area contributed by atoms with Crippen molar-refractivity contribution in [3.05, 3.63) is 0 Å². The average molecular weight is 91.1 g/mol. The summed E-state index contributed by atoms with van der Waals surface area (Å²) < 4.78 is 0. The third kappa shape index (κ3) is 42.0. The van der Waals surface area contributed by atoms with Crippen molar-refractivity contribution in [1.82, 2.24) is 6.15 Å². The Morgan fingerprint density at radius 3 is 1.17 bits per heavy atom. The molecule has 3 heteroatoms. The lowest BCUT2D eigenvalue weighted by Gasteiger charge is -1.07. The zero-order valence-corrected chi connectivity index (χ0v) is 4.02. The first-order valence-corrected chi connectivity index (χ1v) is 1.41. The largest absolute Gasteiger partial charge is 0.373 e. The van der Waals surface area contributed by atoms with Crippen LogP contribution in [0.5, 0.6) is 0 Å². The highest BCUT2D eigenvalue weighted by atomic mass is 16.2. The van der Waals surface area contributed by atoms with Gasteiger partial charge in [-0.1, -0.05) is 13.8 Å².